The summed E-state index contributed by atoms with van der Waals surface area (Å²) in [6.45, 7) is 4.50. The maximum atomic E-state index is 9.20. The number of benzene rings is 2. The van der Waals surface area contributed by atoms with E-state index in [2.05, 4.69) is 80.6 Å². The molecule has 0 saturated carbocycles. The Kier molecular flexibility index (Phi) is 10.7. The van der Waals surface area contributed by atoms with Crippen molar-refractivity contribution in [3.8, 4) is 0 Å². The van der Waals surface area contributed by atoms with Gasteiger partial charge >= 0.3 is 41.3 Å². The third kappa shape index (κ3) is 5.80. The Hall–Kier alpha value is -0.917. The number of aliphatic hydroxyl groups excluding tert-OH is 1. The van der Waals surface area contributed by atoms with Gasteiger partial charge in [0.15, 0.2) is 0 Å². The Labute approximate surface area is 195 Å². The molecule has 0 fully saturated rings. The van der Waals surface area contributed by atoms with Crippen molar-refractivity contribution < 1.29 is 54.2 Å². The van der Waals surface area contributed by atoms with Gasteiger partial charge in [0.05, 0.1) is 0 Å². The standard InChI is InChI=1S/C21H19O.C3H6.2ClH.Zr/c22-13-5-8-17-14-16-7-2-4-10-19(16)21(17)20-12-11-15-6-1-3-9-18(15)20;1-3-2;;;/h1-4,6-7,9-12,14,21-22H,5,8,13H2;1-2H3;2*1H;/q-1;;;;+2/p-2. The summed E-state index contributed by atoms with van der Waals surface area (Å²) in [5.41, 5.74) is 5.54. The molecule has 1 aliphatic rings. The van der Waals surface area contributed by atoms with Crippen LogP contribution >= 0.6 is 0 Å². The molecule has 1 N–H and O–H groups in total. The molecule has 1 aliphatic carbocycles. The zero-order chi connectivity index (χ0) is 18.5. The van der Waals surface area contributed by atoms with Gasteiger partial charge in [-0.3, -0.25) is 0 Å². The molecule has 0 aliphatic heterocycles. The minimum atomic E-state index is 0. The summed E-state index contributed by atoms with van der Waals surface area (Å²) in [5.74, 6) is 0.336. The topological polar surface area (TPSA) is 20.2 Å². The Morgan fingerprint density at radius 1 is 1.00 bits per heavy atom. The molecule has 1 unspecified atom stereocenters. The summed E-state index contributed by atoms with van der Waals surface area (Å²) in [5, 5.41) is 11.9. The molecule has 0 amide bonds. The van der Waals surface area contributed by atoms with Crippen LogP contribution in [0.3, 0.4) is 0 Å². The summed E-state index contributed by atoms with van der Waals surface area (Å²) in [7, 11) is 0. The zero-order valence-corrected chi connectivity index (χ0v) is 20.2. The first-order valence-corrected chi connectivity index (χ1v) is 10.4. The Morgan fingerprint density at radius 2 is 1.64 bits per heavy atom. The van der Waals surface area contributed by atoms with Crippen molar-refractivity contribution in [1.29, 1.82) is 0 Å². The van der Waals surface area contributed by atoms with Gasteiger partial charge in [0.25, 0.3) is 0 Å². The third-order valence-electron chi connectivity index (χ3n) is 4.67. The molecule has 0 saturated heterocycles. The van der Waals surface area contributed by atoms with E-state index >= 15 is 0 Å². The van der Waals surface area contributed by atoms with Crippen LogP contribution in [0.15, 0.2) is 66.2 Å². The molecular weight excluding hydrogens is 466 g/mol. The fraction of sp³-hybridized carbons (Fsp3) is 0.250. The smallest absolute Gasteiger partial charge is 0.0434 e. The van der Waals surface area contributed by atoms with Crippen LogP contribution in [-0.4, -0.2) is 14.9 Å². The van der Waals surface area contributed by atoms with Crippen LogP contribution in [0.2, 0.25) is 0 Å². The molecule has 1 nitrogen and oxygen atoms in total. The van der Waals surface area contributed by atoms with E-state index in [-0.39, 0.29) is 31.4 Å². The average Bonchev–Trinajstić information content (AvgIpc) is 3.20. The zero-order valence-electron chi connectivity index (χ0n) is 16.3. The van der Waals surface area contributed by atoms with Crippen LogP contribution in [-0.2, 0) is 24.2 Å². The molecule has 3 aromatic carbocycles. The first kappa shape index (κ1) is 25.1. The molecule has 1 atom stereocenters. The predicted molar refractivity (Wildman–Crippen MR) is 108 cm³/mol. The van der Waals surface area contributed by atoms with Crippen molar-refractivity contribution in [2.45, 2.75) is 32.6 Å². The van der Waals surface area contributed by atoms with Crippen molar-refractivity contribution in [3.05, 3.63) is 82.9 Å². The molecule has 4 heteroatoms. The second kappa shape index (κ2) is 11.9. The Morgan fingerprint density at radius 3 is 2.36 bits per heavy atom. The van der Waals surface area contributed by atoms with Crippen LogP contribution in [0.25, 0.3) is 16.8 Å². The Bertz CT molecular complexity index is 938. The fourth-order valence-electron chi connectivity index (χ4n) is 3.68. The van der Waals surface area contributed by atoms with Gasteiger partial charge in [-0.15, -0.1) is 40.6 Å². The van der Waals surface area contributed by atoms with Gasteiger partial charge in [-0.2, -0.15) is 6.07 Å². The van der Waals surface area contributed by atoms with Crippen LogP contribution in [0, 0.1) is 0 Å². The van der Waals surface area contributed by atoms with E-state index in [1.807, 2.05) is 0 Å². The van der Waals surface area contributed by atoms with Gasteiger partial charge in [-0.25, -0.2) is 0 Å². The van der Waals surface area contributed by atoms with Crippen molar-refractivity contribution in [1.82, 2.24) is 0 Å². The number of fused-ring (bicyclic) bond motifs is 2. The molecule has 0 aromatic heterocycles. The minimum absolute atomic E-state index is 0. The number of allylic oxidation sites excluding steroid dienone is 1. The van der Waals surface area contributed by atoms with Crippen molar-refractivity contribution in [2.75, 3.05) is 6.61 Å². The van der Waals surface area contributed by atoms with Crippen LogP contribution < -0.4 is 24.8 Å². The predicted octanol–water partition coefficient (Wildman–Crippen LogP) is -0.386. The molecular formula is C24H25Cl2OZr-. The van der Waals surface area contributed by atoms with Gasteiger partial charge in [0.2, 0.25) is 0 Å². The van der Waals surface area contributed by atoms with E-state index in [1.165, 1.54) is 36.2 Å². The number of hydrogen-bond acceptors (Lipinski definition) is 1. The first-order valence-electron chi connectivity index (χ1n) is 9.18. The third-order valence-corrected chi connectivity index (χ3v) is 4.67. The quantitative estimate of drug-likeness (QED) is 0.494. The maximum absolute atomic E-state index is 9.20. The summed E-state index contributed by atoms with van der Waals surface area (Å²) in [6.07, 6.45) is 4.10. The summed E-state index contributed by atoms with van der Waals surface area (Å²) in [6, 6.07) is 21.8. The molecule has 4 rings (SSSR count). The van der Waals surface area contributed by atoms with Crippen molar-refractivity contribution in [2.24, 2.45) is 0 Å². The van der Waals surface area contributed by atoms with E-state index in [0.29, 0.717) is 5.92 Å². The van der Waals surface area contributed by atoms with Crippen LogP contribution in [0.5, 0.6) is 0 Å². The van der Waals surface area contributed by atoms with E-state index in [0.717, 1.165) is 12.8 Å². The number of rotatable bonds is 4. The molecule has 0 spiro atoms. The van der Waals surface area contributed by atoms with Crippen LogP contribution in [0.1, 0.15) is 49.3 Å². The molecule has 0 radical (unpaired) electrons. The van der Waals surface area contributed by atoms with Crippen LogP contribution in [0.4, 0.5) is 0 Å². The molecule has 146 valence electrons. The second-order valence-corrected chi connectivity index (χ2v) is 9.44. The number of hydrogen-bond donors (Lipinski definition) is 1. The van der Waals surface area contributed by atoms with Gasteiger partial charge in [-0.05, 0) is 29.9 Å². The van der Waals surface area contributed by atoms with Gasteiger partial charge in [0.1, 0.15) is 0 Å². The van der Waals surface area contributed by atoms with E-state index < -0.39 is 0 Å². The van der Waals surface area contributed by atoms with E-state index in [4.69, 9.17) is 0 Å². The summed E-state index contributed by atoms with van der Waals surface area (Å²) < 4.78 is 1.51. The van der Waals surface area contributed by atoms with Gasteiger partial charge < -0.3 is 29.9 Å². The number of aliphatic hydroxyl groups is 1. The summed E-state index contributed by atoms with van der Waals surface area (Å²) in [4.78, 5) is 0. The van der Waals surface area contributed by atoms with Crippen molar-refractivity contribution >= 4 is 20.1 Å². The SMILES string of the molecule is C[C](C)=[Zr+2].OCCCC1=Cc2ccccc2C1[c-]1ccc2ccccc21.[Cl-].[Cl-]. The molecule has 28 heavy (non-hydrogen) atoms. The largest absolute Gasteiger partial charge is 1.00 e. The summed E-state index contributed by atoms with van der Waals surface area (Å²) >= 11 is 1.55. The molecule has 0 bridgehead atoms. The van der Waals surface area contributed by atoms with E-state index in [9.17, 15) is 5.11 Å². The fourth-order valence-corrected chi connectivity index (χ4v) is 3.68. The average molecular weight is 492 g/mol. The first-order chi connectivity index (χ1) is 12.6. The molecule has 3 aromatic rings. The van der Waals surface area contributed by atoms with Crippen molar-refractivity contribution in [3.63, 3.8) is 0 Å². The van der Waals surface area contributed by atoms with Gasteiger partial charge in [-0.1, -0.05) is 42.0 Å². The minimum Gasteiger partial charge on any atom is -1.00 e. The molecule has 0 heterocycles. The monoisotopic (exact) mass is 489 g/mol. The van der Waals surface area contributed by atoms with Gasteiger partial charge in [0, 0.05) is 6.61 Å². The van der Waals surface area contributed by atoms with E-state index in [1.54, 1.807) is 24.2 Å². The second-order valence-electron chi connectivity index (χ2n) is 6.98. The maximum Gasteiger partial charge on any atom is 0.0434 e. The normalized spacial score (nSPS) is 14.2. The Balaban J connectivity index is 0.000000601. The number of halogens is 2.